The largest absolute Gasteiger partial charge is 0.444 e. The fraction of sp³-hybridized carbons (Fsp3) is 0.762. The van der Waals surface area contributed by atoms with Crippen LogP contribution in [0.5, 0.6) is 0 Å². The number of carbonyl (C=O) groups is 1. The van der Waals surface area contributed by atoms with Crippen molar-refractivity contribution in [2.24, 2.45) is 4.99 Å². The summed E-state index contributed by atoms with van der Waals surface area (Å²) < 4.78 is 5.63. The highest BCUT2D eigenvalue weighted by atomic mass is 32.1. The maximum Gasteiger partial charge on any atom is 0.410 e. The van der Waals surface area contributed by atoms with E-state index in [0.29, 0.717) is 18.5 Å². The SMILES string of the molecule is CN=C(NCc1csc(C(C)C)n1)NC1CC2CCC(C1)N2C(=O)OC(C)(C)C. The van der Waals surface area contributed by atoms with Gasteiger partial charge >= 0.3 is 6.09 Å². The van der Waals surface area contributed by atoms with Crippen LogP contribution in [0.4, 0.5) is 4.79 Å². The number of nitrogens with one attached hydrogen (secondary N) is 2. The second-order valence-electron chi connectivity index (χ2n) is 9.34. The Bertz CT molecular complexity index is 726. The molecule has 1 aromatic rings. The zero-order chi connectivity index (χ0) is 21.2. The summed E-state index contributed by atoms with van der Waals surface area (Å²) in [5.74, 6) is 1.25. The second-order valence-corrected chi connectivity index (χ2v) is 10.2. The molecule has 0 radical (unpaired) electrons. The molecule has 7 nitrogen and oxygen atoms in total. The van der Waals surface area contributed by atoms with Gasteiger partial charge in [0.15, 0.2) is 5.96 Å². The first-order chi connectivity index (χ1) is 13.7. The number of guanidine groups is 1. The molecule has 2 aliphatic rings. The first-order valence-corrected chi connectivity index (χ1v) is 11.5. The summed E-state index contributed by atoms with van der Waals surface area (Å²) in [6.45, 7) is 10.7. The Morgan fingerprint density at radius 2 is 2.00 bits per heavy atom. The number of hydrogen-bond donors (Lipinski definition) is 2. The maximum atomic E-state index is 12.6. The Morgan fingerprint density at radius 1 is 1.34 bits per heavy atom. The minimum absolute atomic E-state index is 0.171. The van der Waals surface area contributed by atoms with E-state index in [0.717, 1.165) is 42.3 Å². The first kappa shape index (κ1) is 21.9. The molecule has 0 saturated carbocycles. The third-order valence-corrected chi connectivity index (χ3v) is 6.60. The van der Waals surface area contributed by atoms with Gasteiger partial charge in [0.25, 0.3) is 0 Å². The molecule has 0 spiro atoms. The molecule has 0 aromatic carbocycles. The lowest BCUT2D eigenvalue weighted by atomic mass is 9.98. The van der Waals surface area contributed by atoms with Crippen LogP contribution in [0.25, 0.3) is 0 Å². The van der Waals surface area contributed by atoms with E-state index >= 15 is 0 Å². The van der Waals surface area contributed by atoms with Gasteiger partial charge in [0.2, 0.25) is 0 Å². The summed E-state index contributed by atoms with van der Waals surface area (Å²) in [6.07, 6.45) is 3.76. The molecule has 3 rings (SSSR count). The maximum absolute atomic E-state index is 12.6. The van der Waals surface area contributed by atoms with Crippen molar-refractivity contribution in [1.29, 1.82) is 0 Å². The normalized spacial score (nSPS) is 24.7. The van der Waals surface area contributed by atoms with E-state index in [9.17, 15) is 4.79 Å². The van der Waals surface area contributed by atoms with Crippen molar-refractivity contribution in [3.63, 3.8) is 0 Å². The number of carbonyl (C=O) groups excluding carboxylic acids is 1. The molecular formula is C21H35N5O2S. The number of aliphatic imine (C=N–C) groups is 1. The Balaban J connectivity index is 1.52. The van der Waals surface area contributed by atoms with Gasteiger partial charge in [0.1, 0.15) is 5.60 Å². The molecular weight excluding hydrogens is 386 g/mol. The molecule has 2 aliphatic heterocycles. The van der Waals surface area contributed by atoms with Gasteiger partial charge in [0, 0.05) is 36.5 Å². The van der Waals surface area contributed by atoms with Crippen molar-refractivity contribution in [1.82, 2.24) is 20.5 Å². The second kappa shape index (κ2) is 8.90. The van der Waals surface area contributed by atoms with Gasteiger partial charge in [-0.1, -0.05) is 13.8 Å². The molecule has 2 unspecified atom stereocenters. The molecule has 0 aliphatic carbocycles. The summed E-state index contributed by atoms with van der Waals surface area (Å²) >= 11 is 1.71. The van der Waals surface area contributed by atoms with Crippen molar-refractivity contribution < 1.29 is 9.53 Å². The predicted octanol–water partition coefficient (Wildman–Crippen LogP) is 3.86. The highest BCUT2D eigenvalue weighted by Crippen LogP contribution is 2.36. The van der Waals surface area contributed by atoms with Crippen molar-refractivity contribution >= 4 is 23.4 Å². The monoisotopic (exact) mass is 421 g/mol. The van der Waals surface area contributed by atoms with Crippen LogP contribution < -0.4 is 10.6 Å². The fourth-order valence-electron chi connectivity index (χ4n) is 4.14. The van der Waals surface area contributed by atoms with Gasteiger partial charge in [0.05, 0.1) is 17.2 Å². The van der Waals surface area contributed by atoms with E-state index in [1.165, 1.54) is 0 Å². The molecule has 1 amide bonds. The summed E-state index contributed by atoms with van der Waals surface area (Å²) in [5, 5.41) is 10.2. The average molecular weight is 422 g/mol. The lowest BCUT2D eigenvalue weighted by Crippen LogP contribution is -2.54. The topological polar surface area (TPSA) is 78.9 Å². The standard InChI is InChI=1S/C21H35N5O2S/c1-13(2)18-24-15(12-29-18)11-23-19(22-6)25-14-9-16-7-8-17(10-14)26(16)20(27)28-21(3,4)5/h12-14,16-17H,7-11H2,1-6H3,(H2,22,23,25). The molecule has 2 bridgehead atoms. The molecule has 2 atom stereocenters. The zero-order valence-corrected chi connectivity index (χ0v) is 19.3. The molecule has 2 fully saturated rings. The van der Waals surface area contributed by atoms with Gasteiger partial charge in [-0.3, -0.25) is 4.99 Å². The minimum atomic E-state index is -0.456. The van der Waals surface area contributed by atoms with Crippen molar-refractivity contribution in [2.45, 2.75) is 96.5 Å². The Kier molecular flexibility index (Phi) is 6.71. The lowest BCUT2D eigenvalue weighted by molar-refractivity contribution is 0.00545. The van der Waals surface area contributed by atoms with Crippen molar-refractivity contribution in [3.05, 3.63) is 16.1 Å². The minimum Gasteiger partial charge on any atom is -0.444 e. The van der Waals surface area contributed by atoms with Crippen LogP contribution in [-0.2, 0) is 11.3 Å². The van der Waals surface area contributed by atoms with Crippen LogP contribution in [0.3, 0.4) is 0 Å². The summed E-state index contributed by atoms with van der Waals surface area (Å²) in [4.78, 5) is 23.6. The number of rotatable bonds is 4. The van der Waals surface area contributed by atoms with Crippen LogP contribution in [-0.4, -0.2) is 52.7 Å². The quantitative estimate of drug-likeness (QED) is 0.570. The molecule has 162 valence electrons. The van der Waals surface area contributed by atoms with Crippen LogP contribution in [0.15, 0.2) is 10.4 Å². The average Bonchev–Trinajstić information content (AvgIpc) is 3.20. The molecule has 2 saturated heterocycles. The van der Waals surface area contributed by atoms with Gasteiger partial charge in [-0.05, 0) is 46.5 Å². The summed E-state index contributed by atoms with van der Waals surface area (Å²) in [7, 11) is 1.79. The van der Waals surface area contributed by atoms with Crippen LogP contribution in [0.1, 0.15) is 76.9 Å². The Morgan fingerprint density at radius 3 is 2.52 bits per heavy atom. The number of fused-ring (bicyclic) bond motifs is 2. The molecule has 8 heteroatoms. The fourth-order valence-corrected chi connectivity index (χ4v) is 4.97. The number of nitrogens with zero attached hydrogens (tertiary/aromatic N) is 3. The molecule has 29 heavy (non-hydrogen) atoms. The zero-order valence-electron chi connectivity index (χ0n) is 18.5. The highest BCUT2D eigenvalue weighted by Gasteiger charge is 2.45. The number of aromatic nitrogens is 1. The van der Waals surface area contributed by atoms with E-state index in [4.69, 9.17) is 4.74 Å². The number of amides is 1. The number of thiazole rings is 1. The smallest absolute Gasteiger partial charge is 0.410 e. The summed E-state index contributed by atoms with van der Waals surface area (Å²) in [6, 6.07) is 0.789. The van der Waals surface area contributed by atoms with E-state index in [1.807, 2.05) is 25.7 Å². The summed E-state index contributed by atoms with van der Waals surface area (Å²) in [5.41, 5.74) is 0.587. The lowest BCUT2D eigenvalue weighted by Gasteiger charge is -2.40. The Hall–Kier alpha value is -1.83. The number of piperidine rings is 1. The van der Waals surface area contributed by atoms with Crippen LogP contribution in [0.2, 0.25) is 0 Å². The molecule has 3 heterocycles. The third kappa shape index (κ3) is 5.62. The first-order valence-electron chi connectivity index (χ1n) is 10.6. The van der Waals surface area contributed by atoms with Gasteiger partial charge in [-0.25, -0.2) is 9.78 Å². The van der Waals surface area contributed by atoms with Crippen LogP contribution in [0, 0.1) is 0 Å². The van der Waals surface area contributed by atoms with Crippen LogP contribution >= 0.6 is 11.3 Å². The van der Waals surface area contributed by atoms with E-state index in [-0.39, 0.29) is 18.2 Å². The van der Waals surface area contributed by atoms with Gasteiger partial charge < -0.3 is 20.3 Å². The van der Waals surface area contributed by atoms with Crippen molar-refractivity contribution in [2.75, 3.05) is 7.05 Å². The predicted molar refractivity (Wildman–Crippen MR) is 117 cm³/mol. The van der Waals surface area contributed by atoms with E-state index in [2.05, 4.69) is 39.8 Å². The van der Waals surface area contributed by atoms with Gasteiger partial charge in [-0.2, -0.15) is 0 Å². The highest BCUT2D eigenvalue weighted by molar-refractivity contribution is 7.09. The Labute approximate surface area is 178 Å². The van der Waals surface area contributed by atoms with E-state index < -0.39 is 5.60 Å². The van der Waals surface area contributed by atoms with E-state index in [1.54, 1.807) is 18.4 Å². The number of hydrogen-bond acceptors (Lipinski definition) is 5. The molecule has 1 aromatic heterocycles. The van der Waals surface area contributed by atoms with Gasteiger partial charge in [-0.15, -0.1) is 11.3 Å². The third-order valence-electron chi connectivity index (χ3n) is 5.40. The molecule has 2 N–H and O–H groups in total. The van der Waals surface area contributed by atoms with Crippen molar-refractivity contribution in [3.8, 4) is 0 Å². The number of ether oxygens (including phenoxy) is 1.